The van der Waals surface area contributed by atoms with Crippen molar-refractivity contribution in [2.45, 2.75) is 13.3 Å². The van der Waals surface area contributed by atoms with Gasteiger partial charge in [-0.25, -0.2) is 0 Å². The molecule has 2 rings (SSSR count). The molecule has 18 heavy (non-hydrogen) atoms. The Bertz CT molecular complexity index is 590. The number of hydrogen-bond acceptors (Lipinski definition) is 3. The number of carbonyl (C=O) groups is 3. The second-order valence-corrected chi connectivity index (χ2v) is 4.48. The van der Waals surface area contributed by atoms with Crippen molar-refractivity contribution in [1.82, 2.24) is 0 Å². The van der Waals surface area contributed by atoms with Crippen molar-refractivity contribution in [3.63, 3.8) is 0 Å². The van der Waals surface area contributed by atoms with Crippen molar-refractivity contribution >= 4 is 40.3 Å². The summed E-state index contributed by atoms with van der Waals surface area (Å²) < 4.78 is 0. The second kappa shape index (κ2) is 4.74. The summed E-state index contributed by atoms with van der Waals surface area (Å²) in [7, 11) is 0. The van der Waals surface area contributed by atoms with Crippen LogP contribution in [0, 0.1) is 0 Å². The van der Waals surface area contributed by atoms with Crippen LogP contribution in [0.5, 0.6) is 0 Å². The van der Waals surface area contributed by atoms with Crippen LogP contribution in [-0.4, -0.2) is 17.5 Å². The van der Waals surface area contributed by atoms with E-state index < -0.39 is 0 Å². The molecule has 0 spiro atoms. The lowest BCUT2D eigenvalue weighted by molar-refractivity contribution is -0.123. The summed E-state index contributed by atoms with van der Waals surface area (Å²) in [5, 5.41) is 3.11. The maximum absolute atomic E-state index is 11.7. The zero-order valence-electron chi connectivity index (χ0n) is 9.62. The first-order valence-electron chi connectivity index (χ1n) is 5.32. The molecule has 1 aromatic rings. The van der Waals surface area contributed by atoms with Crippen molar-refractivity contribution in [3.8, 4) is 0 Å². The number of amides is 1. The van der Waals surface area contributed by atoms with Gasteiger partial charge in [-0.1, -0.05) is 11.6 Å². The molecule has 1 aromatic carbocycles. The third-order valence-corrected chi connectivity index (χ3v) is 2.73. The molecule has 0 atom stereocenters. The van der Waals surface area contributed by atoms with Crippen molar-refractivity contribution in [2.75, 3.05) is 5.32 Å². The molecule has 92 valence electrons. The molecule has 0 aliphatic carbocycles. The van der Waals surface area contributed by atoms with E-state index in [0.29, 0.717) is 16.3 Å². The average Bonchev–Trinajstić information content (AvgIpc) is 2.55. The van der Waals surface area contributed by atoms with Gasteiger partial charge < -0.3 is 5.32 Å². The minimum atomic E-state index is -0.388. The number of Topliss-reactive ketones (excluding diaryl/α,β-unsaturated/α-hetero) is 1. The van der Waals surface area contributed by atoms with Gasteiger partial charge in [0.1, 0.15) is 5.78 Å². The van der Waals surface area contributed by atoms with E-state index >= 15 is 0 Å². The normalized spacial score (nSPS) is 15.4. The number of halogens is 1. The minimum Gasteiger partial charge on any atom is -0.321 e. The molecule has 4 nitrogen and oxygen atoms in total. The summed E-state index contributed by atoms with van der Waals surface area (Å²) in [4.78, 5) is 34.1. The molecule has 1 amide bonds. The molecule has 0 aromatic heterocycles. The van der Waals surface area contributed by atoms with E-state index in [4.69, 9.17) is 11.6 Å². The van der Waals surface area contributed by atoms with Crippen molar-refractivity contribution in [2.24, 2.45) is 0 Å². The van der Waals surface area contributed by atoms with Crippen LogP contribution in [0.15, 0.2) is 24.3 Å². The molecular formula is C13H10ClNO3. The van der Waals surface area contributed by atoms with Gasteiger partial charge in [0, 0.05) is 16.3 Å². The van der Waals surface area contributed by atoms with E-state index in [1.54, 1.807) is 18.2 Å². The first kappa shape index (κ1) is 12.5. The van der Waals surface area contributed by atoms with Crippen molar-refractivity contribution in [3.05, 3.63) is 34.9 Å². The maximum Gasteiger partial charge on any atom is 0.256 e. The van der Waals surface area contributed by atoms with E-state index in [1.807, 2.05) is 0 Å². The topological polar surface area (TPSA) is 63.2 Å². The molecule has 0 bridgehead atoms. The van der Waals surface area contributed by atoms with Crippen LogP contribution in [0.4, 0.5) is 5.69 Å². The van der Waals surface area contributed by atoms with E-state index in [2.05, 4.69) is 5.32 Å². The van der Waals surface area contributed by atoms with Gasteiger partial charge in [0.05, 0.1) is 12.0 Å². The number of fused-ring (bicyclic) bond motifs is 1. The molecule has 0 saturated carbocycles. The molecule has 1 aliphatic rings. The molecule has 0 unspecified atom stereocenters. The Labute approximate surface area is 109 Å². The highest BCUT2D eigenvalue weighted by Gasteiger charge is 2.25. The smallest absolute Gasteiger partial charge is 0.256 e. The SMILES string of the molecule is CC(=O)CC(=O)/C=C1\C(=O)Nc2ccc(Cl)cc21. The number of allylic oxidation sites excluding steroid dienone is 1. The van der Waals surface area contributed by atoms with Crippen LogP contribution in [0.1, 0.15) is 18.9 Å². The van der Waals surface area contributed by atoms with Crippen molar-refractivity contribution < 1.29 is 14.4 Å². The number of nitrogens with one attached hydrogen (secondary N) is 1. The zero-order chi connectivity index (χ0) is 13.3. The lowest BCUT2D eigenvalue weighted by Crippen LogP contribution is -2.07. The summed E-state index contributed by atoms with van der Waals surface area (Å²) in [6, 6.07) is 4.94. The highest BCUT2D eigenvalue weighted by molar-refractivity contribution is 6.36. The molecule has 1 aliphatic heterocycles. The highest BCUT2D eigenvalue weighted by atomic mass is 35.5. The fourth-order valence-electron chi connectivity index (χ4n) is 1.76. The standard InChI is InChI=1S/C13H10ClNO3/c1-7(16)4-9(17)6-11-10-5-8(14)2-3-12(10)15-13(11)18/h2-3,5-6H,4H2,1H3,(H,15,18)/b11-6-. The number of rotatable bonds is 3. The maximum atomic E-state index is 11.7. The number of hydrogen-bond donors (Lipinski definition) is 1. The van der Waals surface area contributed by atoms with Crippen LogP contribution in [0.2, 0.25) is 5.02 Å². The summed E-state index contributed by atoms with van der Waals surface area (Å²) in [6.07, 6.45) is 0.992. The fourth-order valence-corrected chi connectivity index (χ4v) is 1.93. The largest absolute Gasteiger partial charge is 0.321 e. The first-order chi connectivity index (χ1) is 8.47. The quantitative estimate of drug-likeness (QED) is 0.672. The molecule has 0 fully saturated rings. The third kappa shape index (κ3) is 2.49. The van der Waals surface area contributed by atoms with Crippen LogP contribution in [0.3, 0.4) is 0 Å². The van der Waals surface area contributed by atoms with Crippen LogP contribution >= 0.6 is 11.6 Å². The highest BCUT2D eigenvalue weighted by Crippen LogP contribution is 2.33. The zero-order valence-corrected chi connectivity index (χ0v) is 10.4. The Hall–Kier alpha value is -1.94. The van der Waals surface area contributed by atoms with Gasteiger partial charge in [0.15, 0.2) is 5.78 Å². The summed E-state index contributed by atoms with van der Waals surface area (Å²) in [5.41, 5.74) is 1.45. The van der Waals surface area contributed by atoms with E-state index in [-0.39, 0.29) is 29.5 Å². The van der Waals surface area contributed by atoms with Gasteiger partial charge in [0.2, 0.25) is 0 Å². The average molecular weight is 264 g/mol. The molecule has 1 heterocycles. The number of benzene rings is 1. The number of ketones is 2. The van der Waals surface area contributed by atoms with E-state index in [9.17, 15) is 14.4 Å². The van der Waals surface area contributed by atoms with Crippen molar-refractivity contribution in [1.29, 1.82) is 0 Å². The number of carbonyl (C=O) groups excluding carboxylic acids is 3. The lowest BCUT2D eigenvalue weighted by atomic mass is 10.0. The summed E-state index contributed by atoms with van der Waals surface area (Å²) in [6.45, 7) is 1.33. The molecule has 5 heteroatoms. The van der Waals surface area contributed by atoms with Gasteiger partial charge in [-0.3, -0.25) is 14.4 Å². The Kier molecular flexibility index (Phi) is 3.30. The van der Waals surface area contributed by atoms with Crippen LogP contribution in [0.25, 0.3) is 5.57 Å². The van der Waals surface area contributed by atoms with Gasteiger partial charge in [-0.05, 0) is 31.2 Å². The van der Waals surface area contributed by atoms with Crippen LogP contribution in [-0.2, 0) is 14.4 Å². The minimum absolute atomic E-state index is 0.202. The molecule has 0 radical (unpaired) electrons. The third-order valence-electron chi connectivity index (χ3n) is 2.49. The fraction of sp³-hybridized carbons (Fsp3) is 0.154. The predicted molar refractivity (Wildman–Crippen MR) is 68.4 cm³/mol. The summed E-state index contributed by atoms with van der Waals surface area (Å²) in [5.74, 6) is -0.980. The predicted octanol–water partition coefficient (Wildman–Crippen LogP) is 2.22. The Morgan fingerprint density at radius 2 is 2.11 bits per heavy atom. The molecular weight excluding hydrogens is 254 g/mol. The Balaban J connectivity index is 2.38. The van der Waals surface area contributed by atoms with Gasteiger partial charge in [-0.2, -0.15) is 0 Å². The second-order valence-electron chi connectivity index (χ2n) is 4.05. The van der Waals surface area contributed by atoms with E-state index in [1.165, 1.54) is 13.0 Å². The number of anilines is 1. The molecule has 0 saturated heterocycles. The Morgan fingerprint density at radius 3 is 2.78 bits per heavy atom. The lowest BCUT2D eigenvalue weighted by Gasteiger charge is -1.98. The van der Waals surface area contributed by atoms with Gasteiger partial charge in [-0.15, -0.1) is 0 Å². The van der Waals surface area contributed by atoms with Crippen LogP contribution < -0.4 is 5.32 Å². The van der Waals surface area contributed by atoms with Gasteiger partial charge >= 0.3 is 0 Å². The van der Waals surface area contributed by atoms with Gasteiger partial charge in [0.25, 0.3) is 5.91 Å². The summed E-state index contributed by atoms with van der Waals surface area (Å²) >= 11 is 5.85. The Morgan fingerprint density at radius 1 is 1.39 bits per heavy atom. The molecule has 1 N–H and O–H groups in total. The van der Waals surface area contributed by atoms with E-state index in [0.717, 1.165) is 0 Å². The first-order valence-corrected chi connectivity index (χ1v) is 5.70. The monoisotopic (exact) mass is 263 g/mol.